The molecule has 116 valence electrons. The van der Waals surface area contributed by atoms with Crippen molar-refractivity contribution in [2.45, 2.75) is 19.6 Å². The molecule has 0 aliphatic carbocycles. The van der Waals surface area contributed by atoms with E-state index in [1.165, 1.54) is 5.56 Å². The average Bonchev–Trinajstić information content (AvgIpc) is 2.56. The molecule has 1 fully saturated rings. The Morgan fingerprint density at radius 2 is 1.91 bits per heavy atom. The van der Waals surface area contributed by atoms with Crippen LogP contribution in [0, 0.1) is 0 Å². The fourth-order valence-electron chi connectivity index (χ4n) is 2.74. The van der Waals surface area contributed by atoms with E-state index in [2.05, 4.69) is 28.1 Å². The maximum Gasteiger partial charge on any atom is 0.0932 e. The van der Waals surface area contributed by atoms with E-state index in [1.807, 2.05) is 24.3 Å². The molecule has 1 aliphatic heterocycles. The van der Waals surface area contributed by atoms with E-state index in [-0.39, 0.29) is 0 Å². The number of aliphatic hydroxyl groups is 1. The van der Waals surface area contributed by atoms with Gasteiger partial charge in [0.15, 0.2) is 0 Å². The van der Waals surface area contributed by atoms with Crippen molar-refractivity contribution < 1.29 is 9.84 Å². The van der Waals surface area contributed by atoms with E-state index in [0.717, 1.165) is 44.1 Å². The zero-order valence-corrected chi connectivity index (χ0v) is 12.9. The third-order valence-electron chi connectivity index (χ3n) is 3.99. The number of ether oxygens (including phenoxy) is 1. The summed E-state index contributed by atoms with van der Waals surface area (Å²) in [6, 6.07) is 14.2. The second-order valence-electron chi connectivity index (χ2n) is 5.67. The van der Waals surface area contributed by atoms with Crippen LogP contribution in [-0.4, -0.2) is 41.3 Å². The monoisotopic (exact) mass is 298 g/mol. The minimum atomic E-state index is -0.550. The molecule has 1 atom stereocenters. The number of morpholine rings is 1. The van der Waals surface area contributed by atoms with Crippen molar-refractivity contribution in [1.29, 1.82) is 0 Å². The predicted molar refractivity (Wildman–Crippen MR) is 86.4 cm³/mol. The number of hydrogen-bond acceptors (Lipinski definition) is 4. The summed E-state index contributed by atoms with van der Waals surface area (Å²) in [6.45, 7) is 6.19. The molecule has 0 unspecified atom stereocenters. The smallest absolute Gasteiger partial charge is 0.0932 e. The van der Waals surface area contributed by atoms with Crippen molar-refractivity contribution in [3.05, 3.63) is 53.7 Å². The molecule has 0 saturated carbocycles. The van der Waals surface area contributed by atoms with Gasteiger partial charge in [0.25, 0.3) is 0 Å². The number of aliphatic hydroxyl groups excluding tert-OH is 1. The maximum atomic E-state index is 9.74. The Morgan fingerprint density at radius 1 is 1.14 bits per heavy atom. The summed E-state index contributed by atoms with van der Waals surface area (Å²) in [5.41, 5.74) is 4.03. The number of benzene rings is 1. The lowest BCUT2D eigenvalue weighted by molar-refractivity contribution is 0.0342. The largest absolute Gasteiger partial charge is 0.387 e. The molecule has 1 N–H and O–H groups in total. The molecular formula is C18H22N2O2. The Bertz CT molecular complexity index is 622. The van der Waals surface area contributed by atoms with E-state index >= 15 is 0 Å². The molecule has 2 aromatic rings. The van der Waals surface area contributed by atoms with Gasteiger partial charge < -0.3 is 9.84 Å². The van der Waals surface area contributed by atoms with Crippen molar-refractivity contribution in [3.8, 4) is 11.3 Å². The van der Waals surface area contributed by atoms with Crippen LogP contribution >= 0.6 is 0 Å². The summed E-state index contributed by atoms with van der Waals surface area (Å²) < 4.78 is 5.41. The highest BCUT2D eigenvalue weighted by Crippen LogP contribution is 2.24. The molecular weight excluding hydrogens is 276 g/mol. The molecule has 2 heterocycles. The lowest BCUT2D eigenvalue weighted by atomic mass is 10.0. The van der Waals surface area contributed by atoms with Gasteiger partial charge in [-0.15, -0.1) is 0 Å². The maximum absolute atomic E-state index is 9.74. The number of nitrogens with zero attached hydrogens (tertiary/aromatic N) is 2. The SMILES string of the molecule is C[C@H](O)c1cccc(-c2ccccc2CN2CCOCC2)n1. The summed E-state index contributed by atoms with van der Waals surface area (Å²) in [5.74, 6) is 0. The van der Waals surface area contributed by atoms with Crippen LogP contribution in [0.3, 0.4) is 0 Å². The standard InChI is InChI=1S/C18H22N2O2/c1-14(21)17-7-4-8-18(19-17)16-6-3-2-5-15(16)13-20-9-11-22-12-10-20/h2-8,14,21H,9-13H2,1H3/t14-/m0/s1. The molecule has 0 amide bonds. The molecule has 1 aromatic carbocycles. The van der Waals surface area contributed by atoms with Crippen LogP contribution in [0.2, 0.25) is 0 Å². The lowest BCUT2D eigenvalue weighted by Crippen LogP contribution is -2.35. The Hall–Kier alpha value is -1.75. The van der Waals surface area contributed by atoms with Crippen molar-refractivity contribution in [2.75, 3.05) is 26.3 Å². The molecule has 1 saturated heterocycles. The van der Waals surface area contributed by atoms with Crippen LogP contribution in [0.1, 0.15) is 24.3 Å². The number of hydrogen-bond donors (Lipinski definition) is 1. The molecule has 0 radical (unpaired) electrons. The van der Waals surface area contributed by atoms with Crippen molar-refractivity contribution >= 4 is 0 Å². The van der Waals surface area contributed by atoms with E-state index in [1.54, 1.807) is 6.92 Å². The molecule has 4 nitrogen and oxygen atoms in total. The first-order valence-corrected chi connectivity index (χ1v) is 7.77. The van der Waals surface area contributed by atoms with Crippen LogP contribution in [0.15, 0.2) is 42.5 Å². The molecule has 0 bridgehead atoms. The van der Waals surface area contributed by atoms with E-state index in [9.17, 15) is 5.11 Å². The average molecular weight is 298 g/mol. The van der Waals surface area contributed by atoms with Crippen LogP contribution in [-0.2, 0) is 11.3 Å². The quantitative estimate of drug-likeness (QED) is 0.942. The third-order valence-corrected chi connectivity index (χ3v) is 3.99. The zero-order chi connectivity index (χ0) is 15.4. The minimum Gasteiger partial charge on any atom is -0.387 e. The van der Waals surface area contributed by atoms with Gasteiger partial charge in [0.2, 0.25) is 0 Å². The van der Waals surface area contributed by atoms with Crippen molar-refractivity contribution in [1.82, 2.24) is 9.88 Å². The zero-order valence-electron chi connectivity index (χ0n) is 12.9. The Morgan fingerprint density at radius 3 is 2.68 bits per heavy atom. The molecule has 4 heteroatoms. The fraction of sp³-hybridized carbons (Fsp3) is 0.389. The summed E-state index contributed by atoms with van der Waals surface area (Å²) in [4.78, 5) is 7.01. The first kappa shape index (κ1) is 15.2. The first-order valence-electron chi connectivity index (χ1n) is 7.77. The Kier molecular flexibility index (Phi) is 4.83. The van der Waals surface area contributed by atoms with Crippen molar-refractivity contribution in [2.24, 2.45) is 0 Å². The molecule has 1 aromatic heterocycles. The lowest BCUT2D eigenvalue weighted by Gasteiger charge is -2.27. The molecule has 0 spiro atoms. The summed E-state index contributed by atoms with van der Waals surface area (Å²) >= 11 is 0. The topological polar surface area (TPSA) is 45.6 Å². The van der Waals surface area contributed by atoms with Crippen LogP contribution in [0.25, 0.3) is 11.3 Å². The Balaban J connectivity index is 1.88. The predicted octanol–water partition coefficient (Wildman–Crippen LogP) is 2.63. The highest BCUT2D eigenvalue weighted by atomic mass is 16.5. The van der Waals surface area contributed by atoms with Crippen LogP contribution in [0.5, 0.6) is 0 Å². The molecule has 1 aliphatic rings. The minimum absolute atomic E-state index is 0.550. The van der Waals surface area contributed by atoms with Gasteiger partial charge in [-0.05, 0) is 24.6 Å². The first-order chi connectivity index (χ1) is 10.7. The van der Waals surface area contributed by atoms with Gasteiger partial charge in [0.1, 0.15) is 0 Å². The summed E-state index contributed by atoms with van der Waals surface area (Å²) in [7, 11) is 0. The van der Waals surface area contributed by atoms with E-state index in [4.69, 9.17) is 4.74 Å². The molecule has 3 rings (SSSR count). The van der Waals surface area contributed by atoms with Crippen LogP contribution in [0.4, 0.5) is 0 Å². The van der Waals surface area contributed by atoms with E-state index in [0.29, 0.717) is 5.69 Å². The fourth-order valence-corrected chi connectivity index (χ4v) is 2.74. The van der Waals surface area contributed by atoms with Gasteiger partial charge in [-0.25, -0.2) is 0 Å². The highest BCUT2D eigenvalue weighted by Gasteiger charge is 2.14. The summed E-state index contributed by atoms with van der Waals surface area (Å²) in [5, 5.41) is 9.74. The molecule has 22 heavy (non-hydrogen) atoms. The van der Waals surface area contributed by atoms with Gasteiger partial charge in [-0.2, -0.15) is 0 Å². The van der Waals surface area contributed by atoms with Crippen molar-refractivity contribution in [3.63, 3.8) is 0 Å². The van der Waals surface area contributed by atoms with Gasteiger partial charge in [0.05, 0.1) is 30.7 Å². The second kappa shape index (κ2) is 7.01. The number of aromatic nitrogens is 1. The van der Waals surface area contributed by atoms with Gasteiger partial charge in [-0.3, -0.25) is 9.88 Å². The van der Waals surface area contributed by atoms with Crippen LogP contribution < -0.4 is 0 Å². The third kappa shape index (κ3) is 3.53. The van der Waals surface area contributed by atoms with Gasteiger partial charge in [0, 0.05) is 25.2 Å². The van der Waals surface area contributed by atoms with E-state index < -0.39 is 6.10 Å². The van der Waals surface area contributed by atoms with Gasteiger partial charge >= 0.3 is 0 Å². The normalized spacial score (nSPS) is 17.4. The number of pyridine rings is 1. The highest BCUT2D eigenvalue weighted by molar-refractivity contribution is 5.63. The Labute approximate surface area is 131 Å². The summed E-state index contributed by atoms with van der Waals surface area (Å²) in [6.07, 6.45) is -0.550. The second-order valence-corrected chi connectivity index (χ2v) is 5.67. The van der Waals surface area contributed by atoms with Gasteiger partial charge in [-0.1, -0.05) is 30.3 Å². The number of rotatable bonds is 4.